The van der Waals surface area contributed by atoms with Crippen LogP contribution in [0.5, 0.6) is 0 Å². The minimum Gasteiger partial charge on any atom is -0.309 e. The van der Waals surface area contributed by atoms with Gasteiger partial charge in [0.15, 0.2) is 0 Å². The van der Waals surface area contributed by atoms with Crippen molar-refractivity contribution in [3.8, 4) is 0 Å². The molecule has 0 aromatic carbocycles. The molecule has 4 nitrogen and oxygen atoms in total. The smallest absolute Gasteiger partial charge is 0.266 e. The molecule has 74 valence electrons. The van der Waals surface area contributed by atoms with E-state index >= 15 is 0 Å². The van der Waals surface area contributed by atoms with Crippen molar-refractivity contribution in [3.63, 3.8) is 0 Å². The van der Waals surface area contributed by atoms with Crippen LogP contribution in [0.2, 0.25) is 0 Å². The fourth-order valence-electron chi connectivity index (χ4n) is 0.694. The van der Waals surface area contributed by atoms with Gasteiger partial charge in [-0.25, -0.2) is 0 Å². The van der Waals surface area contributed by atoms with Crippen LogP contribution in [0.15, 0.2) is 0 Å². The van der Waals surface area contributed by atoms with E-state index in [-0.39, 0.29) is 6.61 Å². The van der Waals surface area contributed by atoms with E-state index in [0.29, 0.717) is 0 Å². The molecule has 0 aliphatic rings. The molecule has 0 aromatic heterocycles. The van der Waals surface area contributed by atoms with Crippen molar-refractivity contribution in [2.45, 2.75) is 12.8 Å². The Labute approximate surface area is 78.6 Å². The van der Waals surface area contributed by atoms with Crippen LogP contribution in [0.4, 0.5) is 0 Å². The summed E-state index contributed by atoms with van der Waals surface area (Å²) in [5, 5.41) is 0. The quantitative estimate of drug-likeness (QED) is 0.650. The van der Waals surface area contributed by atoms with Crippen LogP contribution >= 0.6 is 0 Å². The lowest BCUT2D eigenvalue weighted by molar-refractivity contribution is 0.285. The standard InChI is InChI=1S/C6H15NO3S2/c1-7(2)5-3-4-6-10-12(8,9)11/h3-6H2,1-2H3,(H,8,9,11). The average Bonchev–Trinajstić information content (AvgIpc) is 1.83. The highest BCUT2D eigenvalue weighted by Crippen LogP contribution is 1.94. The molecular formula is C6H15NO3S2. The topological polar surface area (TPSA) is 49.8 Å². The number of rotatable bonds is 6. The summed E-state index contributed by atoms with van der Waals surface area (Å²) in [5.74, 6) is 0. The van der Waals surface area contributed by atoms with Gasteiger partial charge in [0.25, 0.3) is 9.05 Å². The van der Waals surface area contributed by atoms with Crippen molar-refractivity contribution < 1.29 is 12.9 Å². The van der Waals surface area contributed by atoms with Gasteiger partial charge in [-0.15, -0.1) is 0 Å². The minimum absolute atomic E-state index is 0.257. The Hall–Kier alpha value is 0.250. The van der Waals surface area contributed by atoms with E-state index < -0.39 is 9.05 Å². The number of hydrogen-bond donors (Lipinski definition) is 1. The molecule has 0 saturated carbocycles. The van der Waals surface area contributed by atoms with Crippen LogP contribution in [0.3, 0.4) is 0 Å². The Morgan fingerprint density at radius 2 is 2.08 bits per heavy atom. The molecule has 0 heterocycles. The van der Waals surface area contributed by atoms with Crippen LogP contribution in [0.1, 0.15) is 12.8 Å². The summed E-state index contributed by atoms with van der Waals surface area (Å²) in [4.78, 5) is 2.05. The molecule has 0 spiro atoms. The molecule has 0 amide bonds. The fourth-order valence-corrected chi connectivity index (χ4v) is 1.23. The summed E-state index contributed by atoms with van der Waals surface area (Å²) in [6.45, 7) is 1.21. The first-order valence-corrected chi connectivity index (χ1v) is 6.05. The van der Waals surface area contributed by atoms with E-state index in [1.54, 1.807) is 0 Å². The van der Waals surface area contributed by atoms with Gasteiger partial charge >= 0.3 is 0 Å². The summed E-state index contributed by atoms with van der Waals surface area (Å²) < 4.78 is 23.4. The molecule has 0 saturated heterocycles. The average molecular weight is 213 g/mol. The van der Waals surface area contributed by atoms with Gasteiger partial charge in [-0.2, -0.15) is 4.21 Å². The van der Waals surface area contributed by atoms with Crippen LogP contribution in [-0.4, -0.2) is 40.9 Å². The van der Waals surface area contributed by atoms with Gasteiger partial charge in [0.2, 0.25) is 0 Å². The predicted octanol–water partition coefficient (Wildman–Crippen LogP) is 0.479. The molecule has 6 heteroatoms. The zero-order valence-electron chi connectivity index (χ0n) is 7.36. The third-order valence-electron chi connectivity index (χ3n) is 1.23. The van der Waals surface area contributed by atoms with Crippen LogP contribution in [0, 0.1) is 0 Å². The number of unbranched alkanes of at least 4 members (excludes halogenated alkanes) is 1. The van der Waals surface area contributed by atoms with Crippen LogP contribution in [-0.2, 0) is 24.4 Å². The first-order chi connectivity index (χ1) is 5.42. The Morgan fingerprint density at radius 1 is 1.50 bits per heavy atom. The summed E-state index contributed by atoms with van der Waals surface area (Å²) >= 11 is 4.14. The van der Waals surface area contributed by atoms with Gasteiger partial charge in [0, 0.05) is 11.2 Å². The third-order valence-corrected chi connectivity index (χ3v) is 1.99. The van der Waals surface area contributed by atoms with E-state index in [0.717, 1.165) is 19.4 Å². The van der Waals surface area contributed by atoms with E-state index in [4.69, 9.17) is 4.55 Å². The maximum atomic E-state index is 10.4. The van der Waals surface area contributed by atoms with Crippen molar-refractivity contribution in [2.75, 3.05) is 27.2 Å². The highest BCUT2D eigenvalue weighted by molar-refractivity contribution is 8.27. The third kappa shape index (κ3) is 10.2. The molecule has 1 N–H and O–H groups in total. The van der Waals surface area contributed by atoms with E-state index in [2.05, 4.69) is 15.4 Å². The van der Waals surface area contributed by atoms with E-state index in [1.165, 1.54) is 0 Å². The predicted molar refractivity (Wildman–Crippen MR) is 51.9 cm³/mol. The SMILES string of the molecule is CN(C)CCCCOS(=O)(O)=S. The molecule has 1 atom stereocenters. The number of nitrogens with zero attached hydrogens (tertiary/aromatic N) is 1. The highest BCUT2D eigenvalue weighted by atomic mass is 32.9. The Kier molecular flexibility index (Phi) is 5.94. The van der Waals surface area contributed by atoms with Crippen molar-refractivity contribution in [1.29, 1.82) is 0 Å². The molecule has 0 radical (unpaired) electrons. The molecule has 0 rings (SSSR count). The summed E-state index contributed by atoms with van der Waals surface area (Å²) in [7, 11) is 0.546. The lowest BCUT2D eigenvalue weighted by atomic mass is 10.3. The Bertz CT molecular complexity index is 201. The first kappa shape index (κ1) is 12.2. The maximum absolute atomic E-state index is 10.4. The van der Waals surface area contributed by atoms with Crippen LogP contribution in [0.25, 0.3) is 0 Å². The Balaban J connectivity index is 3.23. The second kappa shape index (κ2) is 5.82. The largest absolute Gasteiger partial charge is 0.309 e. The molecule has 0 fully saturated rings. The van der Waals surface area contributed by atoms with Crippen molar-refractivity contribution in [3.05, 3.63) is 0 Å². The summed E-state index contributed by atoms with van der Waals surface area (Å²) in [6, 6.07) is 0. The van der Waals surface area contributed by atoms with Gasteiger partial charge in [-0.3, -0.25) is 8.74 Å². The first-order valence-electron chi connectivity index (χ1n) is 3.68. The summed E-state index contributed by atoms with van der Waals surface area (Å²) in [5.41, 5.74) is 0. The van der Waals surface area contributed by atoms with Gasteiger partial charge in [0.1, 0.15) is 0 Å². The lowest BCUT2D eigenvalue weighted by Gasteiger charge is -2.08. The fraction of sp³-hybridized carbons (Fsp3) is 1.00. The zero-order chi connectivity index (χ0) is 9.61. The second-order valence-corrected chi connectivity index (χ2v) is 5.11. The monoisotopic (exact) mass is 213 g/mol. The Morgan fingerprint density at radius 3 is 2.50 bits per heavy atom. The molecule has 0 aromatic rings. The highest BCUT2D eigenvalue weighted by Gasteiger charge is 1.98. The van der Waals surface area contributed by atoms with Crippen molar-refractivity contribution in [1.82, 2.24) is 4.90 Å². The van der Waals surface area contributed by atoms with E-state index in [1.807, 2.05) is 19.0 Å². The van der Waals surface area contributed by atoms with Crippen molar-refractivity contribution in [2.24, 2.45) is 0 Å². The molecule has 1 unspecified atom stereocenters. The zero-order valence-corrected chi connectivity index (χ0v) is 8.99. The molecule has 0 aliphatic carbocycles. The van der Waals surface area contributed by atoms with E-state index in [9.17, 15) is 4.21 Å². The van der Waals surface area contributed by atoms with Gasteiger partial charge < -0.3 is 4.90 Å². The molecular weight excluding hydrogens is 198 g/mol. The van der Waals surface area contributed by atoms with Gasteiger partial charge in [0.05, 0.1) is 6.61 Å². The van der Waals surface area contributed by atoms with Crippen LogP contribution < -0.4 is 0 Å². The lowest BCUT2D eigenvalue weighted by Crippen LogP contribution is -2.13. The van der Waals surface area contributed by atoms with Gasteiger partial charge in [-0.05, 0) is 33.5 Å². The molecule has 0 bridgehead atoms. The van der Waals surface area contributed by atoms with Crippen molar-refractivity contribution >= 4 is 20.2 Å². The molecule has 12 heavy (non-hydrogen) atoms. The maximum Gasteiger partial charge on any atom is 0.266 e. The second-order valence-electron chi connectivity index (χ2n) is 2.76. The number of hydrogen-bond acceptors (Lipinski definition) is 4. The minimum atomic E-state index is -3.41. The summed E-state index contributed by atoms with van der Waals surface area (Å²) in [6.07, 6.45) is 1.70. The molecule has 0 aliphatic heterocycles. The van der Waals surface area contributed by atoms with Gasteiger partial charge in [-0.1, -0.05) is 0 Å². The normalized spacial score (nSPS) is 16.3.